The van der Waals surface area contributed by atoms with Crippen molar-refractivity contribution in [1.82, 2.24) is 25.1 Å². The molecule has 5 rings (SSSR count). The number of benzene rings is 1. The van der Waals surface area contributed by atoms with E-state index in [0.29, 0.717) is 53.6 Å². The Morgan fingerprint density at radius 1 is 1.15 bits per heavy atom. The van der Waals surface area contributed by atoms with Crippen LogP contribution in [0.15, 0.2) is 41.8 Å². The van der Waals surface area contributed by atoms with Gasteiger partial charge in [-0.05, 0) is 37.5 Å². The molecule has 13 heteroatoms. The Balaban J connectivity index is 1.20. The first kappa shape index (κ1) is 27.0. The van der Waals surface area contributed by atoms with Crippen LogP contribution >= 0.6 is 11.3 Å². The number of amides is 1. The van der Waals surface area contributed by atoms with E-state index in [9.17, 15) is 27.2 Å². The Bertz CT molecular complexity index is 1400. The third kappa shape index (κ3) is 5.74. The second-order valence-corrected chi connectivity index (χ2v) is 10.2. The van der Waals surface area contributed by atoms with Crippen LogP contribution in [0.25, 0.3) is 5.70 Å². The van der Waals surface area contributed by atoms with Crippen LogP contribution in [0.4, 0.5) is 17.6 Å². The summed E-state index contributed by atoms with van der Waals surface area (Å²) in [6, 6.07) is 7.90. The van der Waals surface area contributed by atoms with Gasteiger partial charge in [-0.2, -0.15) is 5.10 Å². The lowest BCUT2D eigenvalue weighted by Crippen LogP contribution is -2.40. The van der Waals surface area contributed by atoms with E-state index in [4.69, 9.17) is 9.82 Å². The van der Waals surface area contributed by atoms with Gasteiger partial charge in [0.1, 0.15) is 24.0 Å². The minimum Gasteiger partial charge on any atom is -0.341 e. The fourth-order valence-corrected chi connectivity index (χ4v) is 5.76. The van der Waals surface area contributed by atoms with E-state index in [1.165, 1.54) is 23.2 Å². The summed E-state index contributed by atoms with van der Waals surface area (Å²) in [4.78, 5) is 36.7. The molecule has 2 aliphatic heterocycles. The van der Waals surface area contributed by atoms with E-state index in [-0.39, 0.29) is 11.7 Å². The maximum absolute atomic E-state index is 13.2. The smallest absolute Gasteiger partial charge is 0.282 e. The van der Waals surface area contributed by atoms with Gasteiger partial charge in [-0.3, -0.25) is 24.6 Å². The number of nitrogens with zero attached hydrogens (tertiary/aromatic N) is 4. The number of carbonyl (C=O) groups is 2. The van der Waals surface area contributed by atoms with E-state index in [1.54, 1.807) is 12.1 Å². The number of hydrogen-bond donors (Lipinski definition) is 1. The van der Waals surface area contributed by atoms with E-state index < -0.39 is 42.8 Å². The van der Waals surface area contributed by atoms with Crippen LogP contribution in [0, 0.1) is 0 Å². The van der Waals surface area contributed by atoms with Crippen LogP contribution in [0.2, 0.25) is 0 Å². The predicted octanol–water partition coefficient (Wildman–Crippen LogP) is 5.44. The summed E-state index contributed by atoms with van der Waals surface area (Å²) in [5, 5.41) is 6.32. The number of hydroxylamine groups is 1. The molecule has 1 atom stereocenters. The highest BCUT2D eigenvalue weighted by molar-refractivity contribution is 7.09. The maximum atomic E-state index is 13.2. The zero-order valence-electron chi connectivity index (χ0n) is 20.8. The maximum Gasteiger partial charge on any atom is 0.282 e. The lowest BCUT2D eigenvalue weighted by Gasteiger charge is -2.31. The van der Waals surface area contributed by atoms with Crippen molar-refractivity contribution < 1.29 is 32.0 Å². The molecule has 1 N–H and O–H groups in total. The third-order valence-corrected chi connectivity index (χ3v) is 7.82. The second-order valence-electron chi connectivity index (χ2n) is 9.34. The number of alkyl halides is 4. The normalized spacial score (nSPS) is 18.1. The van der Waals surface area contributed by atoms with Crippen LogP contribution in [-0.4, -0.2) is 44.4 Å². The van der Waals surface area contributed by atoms with E-state index in [1.807, 2.05) is 23.6 Å². The highest BCUT2D eigenvalue weighted by Crippen LogP contribution is 2.35. The van der Waals surface area contributed by atoms with E-state index in [0.717, 1.165) is 10.6 Å². The molecule has 2 aromatic heterocycles. The molecule has 1 amide bonds. The van der Waals surface area contributed by atoms with Gasteiger partial charge in [0.05, 0.1) is 16.4 Å². The van der Waals surface area contributed by atoms with Crippen molar-refractivity contribution >= 4 is 28.7 Å². The fraction of sp³-hybridized carbons (Fsp3) is 0.385. The standard InChI is InChI=1S/C26H25F4N5O3S/c1-14(36)16-4-2-3-5-17(16)22-11-18(33-38-22)20-13-39-26(31-20)15-6-8-34(9-7-15)23(37)12-35-21(25(29)30)10-19(32-35)24(27)28/h2-5,10-11,13,15,22,24-25,33H,6-9,12H2,1H3. The molecule has 0 bridgehead atoms. The molecule has 2 aliphatic rings. The van der Waals surface area contributed by atoms with Gasteiger partial charge in [0.2, 0.25) is 5.91 Å². The summed E-state index contributed by atoms with van der Waals surface area (Å²) in [7, 11) is 0. The van der Waals surface area contributed by atoms with Gasteiger partial charge in [-0.15, -0.1) is 11.3 Å². The second kappa shape index (κ2) is 11.3. The number of rotatable bonds is 8. The molecule has 3 aromatic rings. The molecule has 0 radical (unpaired) electrons. The molecule has 4 heterocycles. The summed E-state index contributed by atoms with van der Waals surface area (Å²) in [6.07, 6.45) is -3.32. The number of aromatic nitrogens is 3. The Morgan fingerprint density at radius 2 is 1.90 bits per heavy atom. The highest BCUT2D eigenvalue weighted by atomic mass is 32.1. The average molecular weight is 564 g/mol. The number of thiazole rings is 1. The van der Waals surface area contributed by atoms with Crippen LogP contribution < -0.4 is 5.48 Å². The summed E-state index contributed by atoms with van der Waals surface area (Å²) >= 11 is 1.50. The van der Waals surface area contributed by atoms with Crippen molar-refractivity contribution in [2.75, 3.05) is 13.1 Å². The van der Waals surface area contributed by atoms with E-state index >= 15 is 0 Å². The van der Waals surface area contributed by atoms with Crippen molar-refractivity contribution in [3.63, 3.8) is 0 Å². The first-order chi connectivity index (χ1) is 18.7. The summed E-state index contributed by atoms with van der Waals surface area (Å²) in [5.41, 5.74) is 4.20. The minimum atomic E-state index is -3.02. The fourth-order valence-electron chi connectivity index (χ4n) is 4.77. The number of Topliss-reactive ketones (excluding diaryl/α,β-unsaturated/α-hetero) is 1. The zero-order valence-corrected chi connectivity index (χ0v) is 21.6. The third-order valence-electron chi connectivity index (χ3n) is 6.82. The number of carbonyl (C=O) groups excluding carboxylic acids is 2. The topological polar surface area (TPSA) is 89.4 Å². The molecule has 0 saturated carbocycles. The molecule has 1 aromatic carbocycles. The molecule has 1 unspecified atom stereocenters. The molecule has 0 aliphatic carbocycles. The number of halogens is 4. The summed E-state index contributed by atoms with van der Waals surface area (Å²) in [5.74, 6) is -0.390. The van der Waals surface area contributed by atoms with Gasteiger partial charge >= 0.3 is 0 Å². The first-order valence-corrected chi connectivity index (χ1v) is 13.2. The minimum absolute atomic E-state index is 0.0474. The van der Waals surface area contributed by atoms with Gasteiger partial charge in [-0.25, -0.2) is 22.5 Å². The molecular formula is C26H25F4N5O3S. The van der Waals surface area contributed by atoms with Gasteiger partial charge in [0.15, 0.2) is 5.78 Å². The van der Waals surface area contributed by atoms with Crippen molar-refractivity contribution in [2.24, 2.45) is 0 Å². The first-order valence-electron chi connectivity index (χ1n) is 12.3. The quantitative estimate of drug-likeness (QED) is 0.290. The molecule has 0 spiro atoms. The number of ketones is 1. The van der Waals surface area contributed by atoms with Crippen LogP contribution in [0.3, 0.4) is 0 Å². The Labute approximate surface area is 225 Å². The summed E-state index contributed by atoms with van der Waals surface area (Å²) in [6.45, 7) is 1.77. The molecule has 1 fully saturated rings. The van der Waals surface area contributed by atoms with Crippen molar-refractivity contribution in [1.29, 1.82) is 0 Å². The van der Waals surface area contributed by atoms with Gasteiger partial charge in [0.25, 0.3) is 12.9 Å². The van der Waals surface area contributed by atoms with Crippen LogP contribution in [0.5, 0.6) is 0 Å². The number of nitrogens with one attached hydrogen (secondary N) is 1. The molecule has 8 nitrogen and oxygen atoms in total. The Hall–Kier alpha value is -3.58. The van der Waals surface area contributed by atoms with Gasteiger partial charge in [-0.1, -0.05) is 24.3 Å². The SMILES string of the molecule is CC(=O)c1ccccc1C1C=C(c2csc(C3CCN(C(=O)Cn4nc(C(F)F)cc4C(F)F)CC3)n2)NO1. The van der Waals surface area contributed by atoms with Gasteiger partial charge < -0.3 is 4.90 Å². The van der Waals surface area contributed by atoms with Crippen LogP contribution in [-0.2, 0) is 16.2 Å². The highest BCUT2D eigenvalue weighted by Gasteiger charge is 2.29. The number of piperidine rings is 1. The Kier molecular flexibility index (Phi) is 7.80. The molecule has 206 valence electrons. The zero-order chi connectivity index (χ0) is 27.7. The monoisotopic (exact) mass is 563 g/mol. The van der Waals surface area contributed by atoms with Crippen molar-refractivity contribution in [3.05, 3.63) is 75.0 Å². The molecule has 1 saturated heterocycles. The average Bonchev–Trinajstić information content (AvgIpc) is 3.68. The molecule has 39 heavy (non-hydrogen) atoms. The number of hydrogen-bond acceptors (Lipinski definition) is 7. The van der Waals surface area contributed by atoms with Crippen LogP contribution in [0.1, 0.15) is 82.6 Å². The van der Waals surface area contributed by atoms with Crippen molar-refractivity contribution in [3.8, 4) is 0 Å². The Morgan fingerprint density at radius 3 is 2.59 bits per heavy atom. The summed E-state index contributed by atoms with van der Waals surface area (Å²) < 4.78 is 53.0. The van der Waals surface area contributed by atoms with E-state index in [2.05, 4.69) is 10.6 Å². The largest absolute Gasteiger partial charge is 0.341 e. The van der Waals surface area contributed by atoms with Crippen molar-refractivity contribution in [2.45, 2.75) is 51.2 Å². The lowest BCUT2D eigenvalue weighted by molar-refractivity contribution is -0.133. The predicted molar refractivity (Wildman–Crippen MR) is 134 cm³/mol. The van der Waals surface area contributed by atoms with Gasteiger partial charge in [0, 0.05) is 30.0 Å². The number of likely N-dealkylation sites (tertiary alicyclic amines) is 1. The lowest BCUT2D eigenvalue weighted by atomic mass is 9.97. The molecular weight excluding hydrogens is 538 g/mol.